The molecule has 0 aromatic heterocycles. The molecule has 2 N–H and O–H groups in total. The minimum atomic E-state index is -0.320. The van der Waals surface area contributed by atoms with Crippen molar-refractivity contribution >= 4 is 17.5 Å². The van der Waals surface area contributed by atoms with Crippen LogP contribution in [0.3, 0.4) is 0 Å². The minimum Gasteiger partial charge on any atom is -0.352 e. The molecule has 126 valence electrons. The van der Waals surface area contributed by atoms with Gasteiger partial charge < -0.3 is 10.6 Å². The highest BCUT2D eigenvalue weighted by molar-refractivity contribution is 5.92. The zero-order valence-corrected chi connectivity index (χ0v) is 14.3. The average Bonchev–Trinajstić information content (AvgIpc) is 3.01. The highest BCUT2D eigenvalue weighted by Gasteiger charge is 2.24. The number of likely N-dealkylation sites (N-methyl/N-ethyl adjacent to an activating group) is 1. The lowest BCUT2D eigenvalue weighted by molar-refractivity contribution is -0.127. The predicted molar refractivity (Wildman–Crippen MR) is 92.3 cm³/mol. The van der Waals surface area contributed by atoms with Gasteiger partial charge in [0, 0.05) is 11.7 Å². The van der Waals surface area contributed by atoms with Crippen LogP contribution in [0, 0.1) is 6.92 Å². The van der Waals surface area contributed by atoms with Gasteiger partial charge in [0.1, 0.15) is 0 Å². The van der Waals surface area contributed by atoms with Crippen LogP contribution in [0.15, 0.2) is 24.3 Å². The van der Waals surface area contributed by atoms with E-state index in [2.05, 4.69) is 10.6 Å². The van der Waals surface area contributed by atoms with Crippen molar-refractivity contribution in [3.8, 4) is 0 Å². The Labute approximate surface area is 138 Å². The fraction of sp³-hybridized carbons (Fsp3) is 0.556. The van der Waals surface area contributed by atoms with Crippen LogP contribution in [0.1, 0.15) is 38.2 Å². The fourth-order valence-electron chi connectivity index (χ4n) is 2.79. The Morgan fingerprint density at radius 2 is 1.83 bits per heavy atom. The lowest BCUT2D eigenvalue weighted by Crippen LogP contribution is -2.48. The lowest BCUT2D eigenvalue weighted by Gasteiger charge is -2.25. The van der Waals surface area contributed by atoms with Crippen molar-refractivity contribution in [2.75, 3.05) is 18.9 Å². The fourth-order valence-corrected chi connectivity index (χ4v) is 2.79. The monoisotopic (exact) mass is 317 g/mol. The van der Waals surface area contributed by atoms with Crippen LogP contribution < -0.4 is 10.6 Å². The molecule has 1 aromatic carbocycles. The van der Waals surface area contributed by atoms with Crippen LogP contribution in [-0.4, -0.2) is 42.4 Å². The Morgan fingerprint density at radius 3 is 2.43 bits per heavy atom. The van der Waals surface area contributed by atoms with Crippen LogP contribution in [0.2, 0.25) is 0 Å². The van der Waals surface area contributed by atoms with Crippen molar-refractivity contribution in [2.45, 2.75) is 51.6 Å². The van der Waals surface area contributed by atoms with Gasteiger partial charge >= 0.3 is 0 Å². The summed E-state index contributed by atoms with van der Waals surface area (Å²) in [4.78, 5) is 26.1. The van der Waals surface area contributed by atoms with Gasteiger partial charge in [-0.25, -0.2) is 0 Å². The molecule has 23 heavy (non-hydrogen) atoms. The van der Waals surface area contributed by atoms with E-state index in [0.29, 0.717) is 6.04 Å². The molecular formula is C18H27N3O2. The molecule has 1 aliphatic carbocycles. The zero-order valence-electron chi connectivity index (χ0n) is 14.3. The van der Waals surface area contributed by atoms with E-state index in [1.165, 1.54) is 12.8 Å². The van der Waals surface area contributed by atoms with Gasteiger partial charge in [0.15, 0.2) is 0 Å². The maximum Gasteiger partial charge on any atom is 0.238 e. The van der Waals surface area contributed by atoms with Gasteiger partial charge in [-0.1, -0.05) is 30.5 Å². The predicted octanol–water partition coefficient (Wildman–Crippen LogP) is 2.31. The molecule has 0 spiro atoms. The molecule has 1 saturated carbocycles. The quantitative estimate of drug-likeness (QED) is 0.846. The molecule has 0 radical (unpaired) electrons. The second-order valence-corrected chi connectivity index (χ2v) is 6.50. The number of hydrogen-bond acceptors (Lipinski definition) is 3. The van der Waals surface area contributed by atoms with Crippen LogP contribution in [0.5, 0.6) is 0 Å². The van der Waals surface area contributed by atoms with Crippen molar-refractivity contribution in [2.24, 2.45) is 0 Å². The molecule has 1 aromatic rings. The van der Waals surface area contributed by atoms with Crippen LogP contribution in [0.25, 0.3) is 0 Å². The van der Waals surface area contributed by atoms with Gasteiger partial charge in [-0.15, -0.1) is 0 Å². The molecule has 0 saturated heterocycles. The van der Waals surface area contributed by atoms with E-state index in [9.17, 15) is 9.59 Å². The number of benzene rings is 1. The lowest BCUT2D eigenvalue weighted by atomic mass is 10.2. The number of rotatable bonds is 6. The maximum atomic E-state index is 12.2. The summed E-state index contributed by atoms with van der Waals surface area (Å²) in [6, 6.07) is 7.65. The zero-order chi connectivity index (χ0) is 16.8. The SMILES string of the molecule is Cc1ccc(NC(=O)CN(C)[C@H](C)C(=O)NC2CCCC2)cc1. The van der Waals surface area contributed by atoms with Crippen molar-refractivity contribution in [3.05, 3.63) is 29.8 Å². The highest BCUT2D eigenvalue weighted by Crippen LogP contribution is 2.17. The Hall–Kier alpha value is -1.88. The van der Waals surface area contributed by atoms with E-state index in [-0.39, 0.29) is 24.4 Å². The first-order chi connectivity index (χ1) is 11.0. The Morgan fingerprint density at radius 1 is 1.22 bits per heavy atom. The minimum absolute atomic E-state index is 0.00235. The number of amides is 2. The Bertz CT molecular complexity index is 536. The van der Waals surface area contributed by atoms with Gasteiger partial charge in [-0.3, -0.25) is 14.5 Å². The summed E-state index contributed by atoms with van der Waals surface area (Å²) in [6.45, 7) is 4.03. The van der Waals surface area contributed by atoms with Gasteiger partial charge in [-0.05, 0) is 45.9 Å². The summed E-state index contributed by atoms with van der Waals surface area (Å²) in [6.07, 6.45) is 4.51. The van der Waals surface area contributed by atoms with Crippen molar-refractivity contribution in [1.29, 1.82) is 0 Å². The third kappa shape index (κ3) is 5.36. The topological polar surface area (TPSA) is 61.4 Å². The number of anilines is 1. The summed E-state index contributed by atoms with van der Waals surface area (Å²) in [7, 11) is 1.80. The number of nitrogens with zero attached hydrogens (tertiary/aromatic N) is 1. The molecule has 0 unspecified atom stereocenters. The van der Waals surface area contributed by atoms with E-state index >= 15 is 0 Å². The molecule has 2 rings (SSSR count). The van der Waals surface area contributed by atoms with Crippen molar-refractivity contribution in [3.63, 3.8) is 0 Å². The van der Waals surface area contributed by atoms with Gasteiger partial charge in [0.05, 0.1) is 12.6 Å². The van der Waals surface area contributed by atoms with Crippen molar-refractivity contribution < 1.29 is 9.59 Å². The number of nitrogens with one attached hydrogen (secondary N) is 2. The summed E-state index contributed by atoms with van der Waals surface area (Å²) in [5.74, 6) is -0.112. The van der Waals surface area contributed by atoms with Gasteiger partial charge in [-0.2, -0.15) is 0 Å². The molecule has 1 aliphatic rings. The normalized spacial score (nSPS) is 16.3. The second-order valence-electron chi connectivity index (χ2n) is 6.50. The van der Waals surface area contributed by atoms with Crippen molar-refractivity contribution in [1.82, 2.24) is 10.2 Å². The van der Waals surface area contributed by atoms with Crippen LogP contribution >= 0.6 is 0 Å². The third-order valence-corrected chi connectivity index (χ3v) is 4.47. The summed E-state index contributed by atoms with van der Waals surface area (Å²) in [5.41, 5.74) is 1.93. The van der Waals surface area contributed by atoms with Gasteiger partial charge in [0.2, 0.25) is 11.8 Å². The second kappa shape index (κ2) is 8.11. The molecule has 1 fully saturated rings. The standard InChI is InChI=1S/C18H27N3O2/c1-13-8-10-16(11-9-13)19-17(22)12-21(3)14(2)18(23)20-15-6-4-5-7-15/h8-11,14-15H,4-7,12H2,1-3H3,(H,19,22)(H,20,23)/t14-/m1/s1. The maximum absolute atomic E-state index is 12.2. The molecule has 2 amide bonds. The highest BCUT2D eigenvalue weighted by atomic mass is 16.2. The number of carbonyl (C=O) groups excluding carboxylic acids is 2. The molecule has 0 heterocycles. The summed E-state index contributed by atoms with van der Waals surface area (Å²) in [5, 5.41) is 5.93. The van der Waals surface area contributed by atoms with E-state index in [4.69, 9.17) is 0 Å². The van der Waals surface area contributed by atoms with E-state index in [0.717, 1.165) is 24.1 Å². The van der Waals surface area contributed by atoms with E-state index in [1.54, 1.807) is 11.9 Å². The van der Waals surface area contributed by atoms with E-state index < -0.39 is 0 Å². The number of hydrogen-bond donors (Lipinski definition) is 2. The molecule has 1 atom stereocenters. The largest absolute Gasteiger partial charge is 0.352 e. The number of aryl methyl sites for hydroxylation is 1. The molecule has 5 heteroatoms. The third-order valence-electron chi connectivity index (χ3n) is 4.47. The molecule has 0 bridgehead atoms. The number of carbonyl (C=O) groups is 2. The average molecular weight is 317 g/mol. The smallest absolute Gasteiger partial charge is 0.238 e. The Balaban J connectivity index is 1.79. The first kappa shape index (κ1) is 17.5. The molecule has 0 aliphatic heterocycles. The first-order valence-corrected chi connectivity index (χ1v) is 8.33. The molecule has 5 nitrogen and oxygen atoms in total. The first-order valence-electron chi connectivity index (χ1n) is 8.33. The van der Waals surface area contributed by atoms with Crippen LogP contribution in [-0.2, 0) is 9.59 Å². The summed E-state index contributed by atoms with van der Waals surface area (Å²) >= 11 is 0. The summed E-state index contributed by atoms with van der Waals surface area (Å²) < 4.78 is 0. The van der Waals surface area contributed by atoms with E-state index in [1.807, 2.05) is 38.1 Å². The van der Waals surface area contributed by atoms with Crippen LogP contribution in [0.4, 0.5) is 5.69 Å². The Kier molecular flexibility index (Phi) is 6.16. The van der Waals surface area contributed by atoms with Gasteiger partial charge in [0.25, 0.3) is 0 Å². The molecular weight excluding hydrogens is 290 g/mol.